The number of nitrogens with zero attached hydrogens (tertiary/aromatic N) is 1. The van der Waals surface area contributed by atoms with Crippen molar-refractivity contribution in [3.05, 3.63) is 0 Å². The van der Waals surface area contributed by atoms with E-state index in [1.165, 1.54) is 25.9 Å². The Balaban J connectivity index is 2.46. The van der Waals surface area contributed by atoms with Gasteiger partial charge in [-0.1, -0.05) is 34.6 Å². The van der Waals surface area contributed by atoms with E-state index in [0.29, 0.717) is 0 Å². The van der Waals surface area contributed by atoms with Gasteiger partial charge in [0, 0.05) is 12.6 Å². The van der Waals surface area contributed by atoms with E-state index in [0.717, 1.165) is 29.7 Å². The zero-order valence-electron chi connectivity index (χ0n) is 12.2. The first-order valence-electron chi connectivity index (χ1n) is 7.15. The first kappa shape index (κ1) is 14.0. The van der Waals surface area contributed by atoms with Crippen LogP contribution in [0.4, 0.5) is 0 Å². The van der Waals surface area contributed by atoms with Crippen molar-refractivity contribution in [2.75, 3.05) is 13.1 Å². The van der Waals surface area contributed by atoms with E-state index in [1.807, 2.05) is 0 Å². The van der Waals surface area contributed by atoms with Gasteiger partial charge in [-0.15, -0.1) is 0 Å². The lowest BCUT2D eigenvalue weighted by molar-refractivity contribution is 0.0541. The van der Waals surface area contributed by atoms with Gasteiger partial charge in [0.1, 0.15) is 0 Å². The molecular formula is C15H31N. The number of likely N-dealkylation sites (tertiary alicyclic amines) is 1. The van der Waals surface area contributed by atoms with Crippen molar-refractivity contribution < 1.29 is 0 Å². The zero-order chi connectivity index (χ0) is 12.3. The summed E-state index contributed by atoms with van der Waals surface area (Å²) >= 11 is 0. The van der Waals surface area contributed by atoms with Gasteiger partial charge in [0.25, 0.3) is 0 Å². The Morgan fingerprint density at radius 3 is 2.25 bits per heavy atom. The summed E-state index contributed by atoms with van der Waals surface area (Å²) in [5.41, 5.74) is 0. The maximum Gasteiger partial charge on any atom is 0.00698 e. The topological polar surface area (TPSA) is 3.24 Å². The fraction of sp³-hybridized carbons (Fsp3) is 1.00. The fourth-order valence-corrected chi connectivity index (χ4v) is 3.13. The van der Waals surface area contributed by atoms with E-state index in [1.54, 1.807) is 0 Å². The molecule has 0 bridgehead atoms. The molecule has 0 saturated carbocycles. The van der Waals surface area contributed by atoms with Gasteiger partial charge in [0.15, 0.2) is 0 Å². The third-order valence-electron chi connectivity index (χ3n) is 4.34. The summed E-state index contributed by atoms with van der Waals surface area (Å²) < 4.78 is 0. The molecule has 1 rings (SSSR count). The third-order valence-corrected chi connectivity index (χ3v) is 4.34. The number of rotatable bonds is 4. The molecule has 0 aromatic heterocycles. The Morgan fingerprint density at radius 1 is 1.12 bits per heavy atom. The Morgan fingerprint density at radius 2 is 1.75 bits per heavy atom. The van der Waals surface area contributed by atoms with Gasteiger partial charge in [-0.3, -0.25) is 0 Å². The van der Waals surface area contributed by atoms with E-state index in [9.17, 15) is 0 Å². The highest BCUT2D eigenvalue weighted by Crippen LogP contribution is 2.33. The molecule has 0 aromatic carbocycles. The Bertz CT molecular complexity index is 198. The molecule has 3 atom stereocenters. The molecule has 16 heavy (non-hydrogen) atoms. The summed E-state index contributed by atoms with van der Waals surface area (Å²) in [7, 11) is 0. The SMILES string of the molecule is CC(C)CCN1CC(C)C(C(C)C)CC1C. The van der Waals surface area contributed by atoms with Crippen LogP contribution in [0.5, 0.6) is 0 Å². The molecule has 0 N–H and O–H groups in total. The smallest absolute Gasteiger partial charge is 0.00698 e. The molecular weight excluding hydrogens is 194 g/mol. The molecule has 1 heteroatoms. The molecule has 0 aromatic rings. The molecule has 3 unspecified atom stereocenters. The lowest BCUT2D eigenvalue weighted by Crippen LogP contribution is -2.46. The second-order valence-corrected chi connectivity index (χ2v) is 6.65. The molecule has 1 fully saturated rings. The van der Waals surface area contributed by atoms with E-state index in [-0.39, 0.29) is 0 Å². The van der Waals surface area contributed by atoms with Crippen molar-refractivity contribution in [3.8, 4) is 0 Å². The van der Waals surface area contributed by atoms with E-state index < -0.39 is 0 Å². The highest BCUT2D eigenvalue weighted by atomic mass is 15.2. The Kier molecular flexibility index (Phi) is 5.30. The first-order valence-corrected chi connectivity index (χ1v) is 7.15. The average molecular weight is 225 g/mol. The van der Waals surface area contributed by atoms with E-state index in [2.05, 4.69) is 46.4 Å². The molecule has 1 aliphatic heterocycles. The molecule has 96 valence electrons. The molecule has 0 radical (unpaired) electrons. The Labute approximate surface area is 103 Å². The maximum atomic E-state index is 2.71. The number of hydrogen-bond donors (Lipinski definition) is 0. The van der Waals surface area contributed by atoms with Crippen molar-refractivity contribution in [1.82, 2.24) is 4.90 Å². The molecule has 0 aliphatic carbocycles. The summed E-state index contributed by atoms with van der Waals surface area (Å²) in [6, 6.07) is 0.794. The van der Waals surface area contributed by atoms with Crippen LogP contribution < -0.4 is 0 Å². The van der Waals surface area contributed by atoms with Crippen LogP contribution >= 0.6 is 0 Å². The van der Waals surface area contributed by atoms with Crippen molar-refractivity contribution in [1.29, 1.82) is 0 Å². The van der Waals surface area contributed by atoms with Crippen molar-refractivity contribution in [2.45, 2.75) is 60.4 Å². The van der Waals surface area contributed by atoms with E-state index >= 15 is 0 Å². The molecule has 1 aliphatic rings. The highest BCUT2D eigenvalue weighted by molar-refractivity contribution is 4.84. The lowest BCUT2D eigenvalue weighted by Gasteiger charge is -2.43. The van der Waals surface area contributed by atoms with Crippen LogP contribution in [-0.4, -0.2) is 24.0 Å². The second-order valence-electron chi connectivity index (χ2n) is 6.65. The van der Waals surface area contributed by atoms with Crippen LogP contribution in [0.15, 0.2) is 0 Å². The van der Waals surface area contributed by atoms with Crippen LogP contribution in [0.2, 0.25) is 0 Å². The fourth-order valence-electron chi connectivity index (χ4n) is 3.13. The zero-order valence-corrected chi connectivity index (χ0v) is 12.2. The minimum Gasteiger partial charge on any atom is -0.300 e. The van der Waals surface area contributed by atoms with Crippen LogP contribution in [0.3, 0.4) is 0 Å². The summed E-state index contributed by atoms with van der Waals surface area (Å²) in [4.78, 5) is 2.71. The summed E-state index contributed by atoms with van der Waals surface area (Å²) in [6.45, 7) is 16.9. The van der Waals surface area contributed by atoms with Gasteiger partial charge in [0.2, 0.25) is 0 Å². The van der Waals surface area contributed by atoms with Gasteiger partial charge in [0.05, 0.1) is 0 Å². The molecule has 1 heterocycles. The average Bonchev–Trinajstić information content (AvgIpc) is 2.18. The number of hydrogen-bond acceptors (Lipinski definition) is 1. The highest BCUT2D eigenvalue weighted by Gasteiger charge is 2.32. The van der Waals surface area contributed by atoms with Crippen LogP contribution in [-0.2, 0) is 0 Å². The normalized spacial score (nSPS) is 32.6. The standard InChI is InChI=1S/C15H31N/c1-11(2)7-8-16-10-13(5)15(12(3)4)9-14(16)6/h11-15H,7-10H2,1-6H3. The largest absolute Gasteiger partial charge is 0.300 e. The monoisotopic (exact) mass is 225 g/mol. The molecule has 0 spiro atoms. The Hall–Kier alpha value is -0.0400. The van der Waals surface area contributed by atoms with Gasteiger partial charge < -0.3 is 4.90 Å². The maximum absolute atomic E-state index is 2.71. The predicted molar refractivity (Wildman–Crippen MR) is 72.6 cm³/mol. The van der Waals surface area contributed by atoms with Gasteiger partial charge in [-0.05, 0) is 50.0 Å². The van der Waals surface area contributed by atoms with Crippen molar-refractivity contribution >= 4 is 0 Å². The van der Waals surface area contributed by atoms with Crippen LogP contribution in [0.1, 0.15) is 54.4 Å². The minimum atomic E-state index is 0.794. The summed E-state index contributed by atoms with van der Waals surface area (Å²) in [5.74, 6) is 3.50. The van der Waals surface area contributed by atoms with Crippen molar-refractivity contribution in [3.63, 3.8) is 0 Å². The number of piperidine rings is 1. The summed E-state index contributed by atoms with van der Waals surface area (Å²) in [5, 5.41) is 0. The minimum absolute atomic E-state index is 0.794. The van der Waals surface area contributed by atoms with E-state index in [4.69, 9.17) is 0 Å². The van der Waals surface area contributed by atoms with Gasteiger partial charge in [-0.2, -0.15) is 0 Å². The third kappa shape index (κ3) is 3.76. The second kappa shape index (κ2) is 6.05. The van der Waals surface area contributed by atoms with Crippen LogP contribution in [0.25, 0.3) is 0 Å². The van der Waals surface area contributed by atoms with Gasteiger partial charge in [-0.25, -0.2) is 0 Å². The predicted octanol–water partition coefficient (Wildman–Crippen LogP) is 4.04. The van der Waals surface area contributed by atoms with Crippen LogP contribution in [0, 0.1) is 23.7 Å². The van der Waals surface area contributed by atoms with Gasteiger partial charge >= 0.3 is 0 Å². The molecule has 0 amide bonds. The van der Waals surface area contributed by atoms with Crippen molar-refractivity contribution in [2.24, 2.45) is 23.7 Å². The lowest BCUT2D eigenvalue weighted by atomic mass is 9.76. The quantitative estimate of drug-likeness (QED) is 0.698. The first-order chi connectivity index (χ1) is 7.41. The molecule has 1 saturated heterocycles. The molecule has 1 nitrogen and oxygen atoms in total. The summed E-state index contributed by atoms with van der Waals surface area (Å²) in [6.07, 6.45) is 2.75.